The Hall–Kier alpha value is -2.39. The van der Waals surface area contributed by atoms with Gasteiger partial charge in [0.25, 0.3) is 5.91 Å². The van der Waals surface area contributed by atoms with Crippen molar-refractivity contribution in [1.82, 2.24) is 24.8 Å². The number of piperidine rings is 1. The van der Waals surface area contributed by atoms with Crippen LogP contribution in [0.1, 0.15) is 46.6 Å². The van der Waals surface area contributed by atoms with E-state index in [1.54, 1.807) is 12.3 Å². The number of likely N-dealkylation sites (tertiary alicyclic amines) is 1. The SMILES string of the molecule is Cc1noc(C)c1CSc1ncccc1C(=O)N1CCN(CC(=O)N2CCCCC2)CC1. The molecule has 2 aromatic rings. The van der Waals surface area contributed by atoms with Gasteiger partial charge in [0.15, 0.2) is 0 Å². The number of aryl methyl sites for hydroxylation is 2. The summed E-state index contributed by atoms with van der Waals surface area (Å²) in [5, 5.41) is 4.72. The van der Waals surface area contributed by atoms with E-state index < -0.39 is 0 Å². The average Bonchev–Trinajstić information content (AvgIpc) is 3.15. The summed E-state index contributed by atoms with van der Waals surface area (Å²) in [4.78, 5) is 36.3. The van der Waals surface area contributed by atoms with Gasteiger partial charge in [0.2, 0.25) is 5.91 Å². The largest absolute Gasteiger partial charge is 0.361 e. The first-order valence-electron chi connectivity index (χ1n) is 11.3. The van der Waals surface area contributed by atoms with Crippen LogP contribution >= 0.6 is 11.8 Å². The van der Waals surface area contributed by atoms with Gasteiger partial charge in [-0.3, -0.25) is 14.5 Å². The van der Waals surface area contributed by atoms with Crippen LogP contribution in [0.2, 0.25) is 0 Å². The molecule has 2 saturated heterocycles. The number of carbonyl (C=O) groups excluding carboxylic acids is 2. The minimum absolute atomic E-state index is 0.00127. The van der Waals surface area contributed by atoms with E-state index in [-0.39, 0.29) is 11.8 Å². The van der Waals surface area contributed by atoms with Crippen LogP contribution in [0.25, 0.3) is 0 Å². The van der Waals surface area contributed by atoms with Crippen molar-refractivity contribution in [3.63, 3.8) is 0 Å². The molecule has 32 heavy (non-hydrogen) atoms. The molecule has 0 N–H and O–H groups in total. The van der Waals surface area contributed by atoms with Crippen molar-refractivity contribution >= 4 is 23.6 Å². The summed E-state index contributed by atoms with van der Waals surface area (Å²) < 4.78 is 5.24. The number of hydrogen-bond donors (Lipinski definition) is 0. The molecule has 0 spiro atoms. The number of carbonyl (C=O) groups is 2. The Morgan fingerprint density at radius 3 is 2.47 bits per heavy atom. The third-order valence-electron chi connectivity index (χ3n) is 6.26. The Bertz CT molecular complexity index is 929. The zero-order valence-electron chi connectivity index (χ0n) is 18.9. The normalized spacial score (nSPS) is 17.6. The molecule has 2 amide bonds. The predicted octanol–water partition coefficient (Wildman–Crippen LogP) is 2.75. The number of rotatable bonds is 6. The van der Waals surface area contributed by atoms with E-state index in [1.807, 2.05) is 29.7 Å². The number of aromatic nitrogens is 2. The fraction of sp³-hybridized carbons (Fsp3) is 0.565. The topological polar surface area (TPSA) is 82.8 Å². The first-order valence-corrected chi connectivity index (χ1v) is 12.3. The molecular weight excluding hydrogens is 426 g/mol. The Kier molecular flexibility index (Phi) is 7.47. The van der Waals surface area contributed by atoms with Crippen molar-refractivity contribution in [3.8, 4) is 0 Å². The summed E-state index contributed by atoms with van der Waals surface area (Å²) in [7, 11) is 0. The first kappa shape index (κ1) is 22.8. The third kappa shape index (κ3) is 5.32. The van der Waals surface area contributed by atoms with Crippen molar-refractivity contribution in [2.45, 2.75) is 43.9 Å². The molecule has 0 unspecified atom stereocenters. The van der Waals surface area contributed by atoms with Gasteiger partial charge in [0.1, 0.15) is 10.8 Å². The van der Waals surface area contributed by atoms with E-state index in [1.165, 1.54) is 18.2 Å². The monoisotopic (exact) mass is 457 g/mol. The zero-order valence-corrected chi connectivity index (χ0v) is 19.7. The van der Waals surface area contributed by atoms with Crippen LogP contribution in [0.15, 0.2) is 27.9 Å². The molecule has 0 saturated carbocycles. The molecule has 8 nitrogen and oxygen atoms in total. The number of hydrogen-bond acceptors (Lipinski definition) is 7. The van der Waals surface area contributed by atoms with Crippen molar-refractivity contribution in [2.24, 2.45) is 0 Å². The molecule has 0 bridgehead atoms. The van der Waals surface area contributed by atoms with Gasteiger partial charge in [-0.2, -0.15) is 0 Å². The Morgan fingerprint density at radius 2 is 1.78 bits per heavy atom. The minimum atomic E-state index is 0.00127. The standard InChI is InChI=1S/C23H31N5O3S/c1-17-20(18(2)31-25-17)16-32-22-19(7-6-8-24-22)23(30)28-13-11-26(12-14-28)15-21(29)27-9-4-3-5-10-27/h6-8H,3-5,9-16H2,1-2H3. The van der Waals surface area contributed by atoms with Crippen LogP contribution in [0, 0.1) is 13.8 Å². The first-order chi connectivity index (χ1) is 15.5. The van der Waals surface area contributed by atoms with Crippen molar-refractivity contribution < 1.29 is 14.1 Å². The molecule has 2 aliphatic heterocycles. The van der Waals surface area contributed by atoms with Gasteiger partial charge in [-0.05, 0) is 45.2 Å². The molecule has 4 rings (SSSR count). The maximum Gasteiger partial charge on any atom is 0.256 e. The van der Waals surface area contributed by atoms with Gasteiger partial charge in [-0.15, -0.1) is 11.8 Å². The van der Waals surface area contributed by atoms with E-state index in [4.69, 9.17) is 4.52 Å². The van der Waals surface area contributed by atoms with E-state index in [0.717, 1.165) is 48.0 Å². The van der Waals surface area contributed by atoms with Gasteiger partial charge >= 0.3 is 0 Å². The molecule has 0 atom stereocenters. The Labute approximate surface area is 193 Å². The van der Waals surface area contributed by atoms with E-state index in [9.17, 15) is 9.59 Å². The highest BCUT2D eigenvalue weighted by Crippen LogP contribution is 2.28. The Balaban J connectivity index is 1.32. The van der Waals surface area contributed by atoms with Gasteiger partial charge in [-0.25, -0.2) is 4.98 Å². The van der Waals surface area contributed by atoms with E-state index in [0.29, 0.717) is 44.0 Å². The second-order valence-corrected chi connectivity index (χ2v) is 9.42. The molecule has 2 fully saturated rings. The summed E-state index contributed by atoms with van der Waals surface area (Å²) in [5.74, 6) is 1.68. The summed E-state index contributed by atoms with van der Waals surface area (Å²) in [6.07, 6.45) is 5.15. The highest BCUT2D eigenvalue weighted by Gasteiger charge is 2.27. The predicted molar refractivity (Wildman–Crippen MR) is 123 cm³/mol. The van der Waals surface area contributed by atoms with E-state index >= 15 is 0 Å². The van der Waals surface area contributed by atoms with Gasteiger partial charge in [-0.1, -0.05) is 5.16 Å². The highest BCUT2D eigenvalue weighted by atomic mass is 32.2. The summed E-state index contributed by atoms with van der Waals surface area (Å²) in [6.45, 7) is 8.71. The number of pyridine rings is 1. The molecule has 4 heterocycles. The second kappa shape index (κ2) is 10.5. The molecule has 2 aromatic heterocycles. The number of thioether (sulfide) groups is 1. The van der Waals surface area contributed by atoms with Crippen molar-refractivity contribution in [2.75, 3.05) is 45.8 Å². The smallest absolute Gasteiger partial charge is 0.256 e. The number of piperazine rings is 1. The molecule has 2 aliphatic rings. The van der Waals surface area contributed by atoms with Crippen LogP contribution < -0.4 is 0 Å². The number of amides is 2. The summed E-state index contributed by atoms with van der Waals surface area (Å²) in [6, 6.07) is 3.65. The molecule has 172 valence electrons. The maximum absolute atomic E-state index is 13.2. The lowest BCUT2D eigenvalue weighted by Crippen LogP contribution is -2.52. The molecule has 0 aromatic carbocycles. The summed E-state index contributed by atoms with van der Waals surface area (Å²) >= 11 is 1.53. The lowest BCUT2D eigenvalue weighted by atomic mass is 10.1. The van der Waals surface area contributed by atoms with Crippen LogP contribution in [0.3, 0.4) is 0 Å². The maximum atomic E-state index is 13.2. The highest BCUT2D eigenvalue weighted by molar-refractivity contribution is 7.98. The van der Waals surface area contributed by atoms with Gasteiger partial charge in [0.05, 0.1) is 17.8 Å². The molecule has 0 radical (unpaired) electrons. The van der Waals surface area contributed by atoms with Crippen molar-refractivity contribution in [1.29, 1.82) is 0 Å². The average molecular weight is 458 g/mol. The minimum Gasteiger partial charge on any atom is -0.361 e. The lowest BCUT2D eigenvalue weighted by Gasteiger charge is -2.36. The van der Waals surface area contributed by atoms with Gasteiger partial charge in [0, 0.05) is 56.8 Å². The van der Waals surface area contributed by atoms with E-state index in [2.05, 4.69) is 15.0 Å². The quantitative estimate of drug-likeness (QED) is 0.617. The van der Waals surface area contributed by atoms with Crippen molar-refractivity contribution in [3.05, 3.63) is 40.9 Å². The van der Waals surface area contributed by atoms with Crippen LogP contribution in [-0.4, -0.2) is 82.5 Å². The van der Waals surface area contributed by atoms with Crippen LogP contribution in [-0.2, 0) is 10.5 Å². The molecule has 0 aliphatic carbocycles. The van der Waals surface area contributed by atoms with Crippen LogP contribution in [0.4, 0.5) is 0 Å². The van der Waals surface area contributed by atoms with Crippen LogP contribution in [0.5, 0.6) is 0 Å². The lowest BCUT2D eigenvalue weighted by molar-refractivity contribution is -0.133. The summed E-state index contributed by atoms with van der Waals surface area (Å²) in [5.41, 5.74) is 2.54. The zero-order chi connectivity index (χ0) is 22.5. The Morgan fingerprint density at radius 1 is 1.03 bits per heavy atom. The molecule has 9 heteroatoms. The third-order valence-corrected chi connectivity index (χ3v) is 7.29. The number of nitrogens with zero attached hydrogens (tertiary/aromatic N) is 5. The fourth-order valence-electron chi connectivity index (χ4n) is 4.23. The molecular formula is C23H31N5O3S. The second-order valence-electron chi connectivity index (χ2n) is 8.46. The van der Waals surface area contributed by atoms with Gasteiger partial charge < -0.3 is 14.3 Å². The fourth-order valence-corrected chi connectivity index (χ4v) is 5.37.